The smallest absolute Gasteiger partial charge is 0.294 e. The van der Waals surface area contributed by atoms with Crippen molar-refractivity contribution in [2.75, 3.05) is 11.4 Å². The number of nitrogens with zero attached hydrogens (tertiary/aromatic N) is 5. The summed E-state index contributed by atoms with van der Waals surface area (Å²) in [6, 6.07) is 30.2. The van der Waals surface area contributed by atoms with Crippen LogP contribution in [0.5, 0.6) is 0 Å². The first-order valence-corrected chi connectivity index (χ1v) is 16.2. The maximum atomic E-state index is 11.5. The van der Waals surface area contributed by atoms with Crippen LogP contribution in [0, 0.1) is 0 Å². The summed E-state index contributed by atoms with van der Waals surface area (Å²) in [6.07, 6.45) is 0. The molecular weight excluding hydrogens is 603 g/mol. The molecule has 0 fully saturated rings. The highest BCUT2D eigenvalue weighted by Crippen LogP contribution is 2.35. The van der Waals surface area contributed by atoms with E-state index in [0.29, 0.717) is 30.2 Å². The van der Waals surface area contributed by atoms with Gasteiger partial charge in [0, 0.05) is 29.5 Å². The van der Waals surface area contributed by atoms with Crippen LogP contribution in [0.25, 0.3) is 10.8 Å². The highest BCUT2D eigenvalue weighted by Gasteiger charge is 2.13. The van der Waals surface area contributed by atoms with Crippen LogP contribution < -0.4 is 4.90 Å². The molecule has 5 rings (SSSR count). The van der Waals surface area contributed by atoms with Gasteiger partial charge in [-0.05, 0) is 79.2 Å². The molecule has 5 aromatic rings. The van der Waals surface area contributed by atoms with E-state index in [-0.39, 0.29) is 15.5 Å². The van der Waals surface area contributed by atoms with Gasteiger partial charge in [-0.1, -0.05) is 42.5 Å². The number of hydrogen-bond acceptors (Lipinski definition) is 9. The van der Waals surface area contributed by atoms with Gasteiger partial charge in [0.15, 0.2) is 0 Å². The van der Waals surface area contributed by atoms with Crippen molar-refractivity contribution in [1.29, 1.82) is 0 Å². The summed E-state index contributed by atoms with van der Waals surface area (Å²) < 4.78 is 64.6. The molecule has 0 aliphatic heterocycles. The molecule has 0 saturated carbocycles. The van der Waals surface area contributed by atoms with Gasteiger partial charge in [0.1, 0.15) is 0 Å². The number of fused-ring (bicyclic) bond motifs is 1. The van der Waals surface area contributed by atoms with E-state index in [1.54, 1.807) is 30.3 Å². The monoisotopic (exact) mass is 629 g/mol. The lowest BCUT2D eigenvalue weighted by atomic mass is 10.1. The third-order valence-corrected chi connectivity index (χ3v) is 8.41. The number of azo groups is 2. The normalized spacial score (nSPS) is 12.3. The molecule has 0 heterocycles. The Balaban J connectivity index is 1.34. The lowest BCUT2D eigenvalue weighted by Gasteiger charge is -2.23. The Morgan fingerprint density at radius 2 is 1.14 bits per heavy atom. The van der Waals surface area contributed by atoms with Crippen LogP contribution in [0.15, 0.2) is 139 Å². The second-order valence-corrected chi connectivity index (χ2v) is 12.5. The van der Waals surface area contributed by atoms with Crippen molar-refractivity contribution in [3.05, 3.63) is 115 Å². The van der Waals surface area contributed by atoms with Crippen molar-refractivity contribution < 1.29 is 25.9 Å². The molecule has 0 bridgehead atoms. The van der Waals surface area contributed by atoms with E-state index in [1.165, 1.54) is 30.3 Å². The van der Waals surface area contributed by atoms with Crippen LogP contribution in [0.3, 0.4) is 0 Å². The standard InChI is InChI=1S/C31H27N5O6S2/c1-2-36(21-22-7-5-9-26(19-22)43(37,38)39)25-15-13-23(14-16-25)32-34-30-17-18-31(29-12-4-3-11-28(29)30)35-33-24-8-6-10-27(20-24)44(40,41)42/h3-20H,2,21H2,1H3,(H,37,38,39)(H,40,41,42). The fraction of sp³-hybridized carbons (Fsp3) is 0.0968. The fourth-order valence-corrected chi connectivity index (χ4v) is 5.58. The van der Waals surface area contributed by atoms with Gasteiger partial charge >= 0.3 is 0 Å². The average molecular weight is 630 g/mol. The van der Waals surface area contributed by atoms with E-state index >= 15 is 0 Å². The van der Waals surface area contributed by atoms with Crippen LogP contribution in [0.4, 0.5) is 28.4 Å². The zero-order valence-electron chi connectivity index (χ0n) is 23.4. The van der Waals surface area contributed by atoms with Crippen LogP contribution in [-0.2, 0) is 26.8 Å². The summed E-state index contributed by atoms with van der Waals surface area (Å²) in [5.74, 6) is 0. The first-order valence-electron chi connectivity index (χ1n) is 13.4. The summed E-state index contributed by atoms with van der Waals surface area (Å²) in [6.45, 7) is 3.10. The van der Waals surface area contributed by atoms with Gasteiger partial charge in [-0.25, -0.2) is 0 Å². The predicted molar refractivity (Wildman–Crippen MR) is 168 cm³/mol. The van der Waals surface area contributed by atoms with Crippen molar-refractivity contribution in [2.24, 2.45) is 20.5 Å². The van der Waals surface area contributed by atoms with Gasteiger partial charge < -0.3 is 4.90 Å². The van der Waals surface area contributed by atoms with Crippen molar-refractivity contribution in [3.63, 3.8) is 0 Å². The van der Waals surface area contributed by atoms with Gasteiger partial charge in [-0.3, -0.25) is 9.11 Å². The van der Waals surface area contributed by atoms with Gasteiger partial charge in [0.2, 0.25) is 0 Å². The first kappa shape index (κ1) is 30.6. The molecule has 0 aliphatic rings. The fourth-order valence-electron chi connectivity index (χ4n) is 4.51. The minimum atomic E-state index is -4.36. The molecule has 0 spiro atoms. The van der Waals surface area contributed by atoms with Crippen LogP contribution in [0.1, 0.15) is 12.5 Å². The van der Waals surface area contributed by atoms with Crippen LogP contribution in [-0.4, -0.2) is 32.5 Å². The van der Waals surface area contributed by atoms with Crippen molar-refractivity contribution in [2.45, 2.75) is 23.3 Å². The molecule has 0 unspecified atom stereocenters. The summed E-state index contributed by atoms with van der Waals surface area (Å²) in [4.78, 5) is 1.65. The summed E-state index contributed by atoms with van der Waals surface area (Å²) in [5.41, 5.74) is 3.71. The summed E-state index contributed by atoms with van der Waals surface area (Å²) in [5, 5.41) is 18.9. The van der Waals surface area contributed by atoms with Crippen LogP contribution >= 0.6 is 0 Å². The Hall–Kier alpha value is -4.82. The Morgan fingerprint density at radius 3 is 1.70 bits per heavy atom. The molecule has 2 N–H and O–H groups in total. The van der Waals surface area contributed by atoms with Gasteiger partial charge in [0.05, 0.1) is 32.5 Å². The van der Waals surface area contributed by atoms with E-state index in [9.17, 15) is 25.9 Å². The molecule has 13 heteroatoms. The Kier molecular flexibility index (Phi) is 8.92. The molecule has 0 aliphatic carbocycles. The molecule has 0 saturated heterocycles. The zero-order chi connectivity index (χ0) is 31.3. The van der Waals surface area contributed by atoms with E-state index in [4.69, 9.17) is 0 Å². The van der Waals surface area contributed by atoms with E-state index in [1.807, 2.05) is 55.5 Å². The van der Waals surface area contributed by atoms with E-state index in [0.717, 1.165) is 22.0 Å². The van der Waals surface area contributed by atoms with E-state index in [2.05, 4.69) is 25.4 Å². The maximum Gasteiger partial charge on any atom is 0.294 e. The molecule has 11 nitrogen and oxygen atoms in total. The lowest BCUT2D eigenvalue weighted by Crippen LogP contribution is -2.22. The van der Waals surface area contributed by atoms with Gasteiger partial charge in [-0.15, -0.1) is 10.2 Å². The highest BCUT2D eigenvalue weighted by molar-refractivity contribution is 7.86. The topological polar surface area (TPSA) is 161 Å². The molecule has 5 aromatic carbocycles. The number of rotatable bonds is 10. The van der Waals surface area contributed by atoms with Gasteiger partial charge in [0.25, 0.3) is 20.2 Å². The lowest BCUT2D eigenvalue weighted by molar-refractivity contribution is 0.481. The Bertz CT molecular complexity index is 2100. The molecular formula is C31H27N5O6S2. The second-order valence-electron chi connectivity index (χ2n) is 9.67. The maximum absolute atomic E-state index is 11.5. The second kappa shape index (κ2) is 12.8. The third kappa shape index (κ3) is 7.38. The van der Waals surface area contributed by atoms with Crippen molar-refractivity contribution in [1.82, 2.24) is 0 Å². The Labute approximate surface area is 254 Å². The summed E-state index contributed by atoms with van der Waals surface area (Å²) in [7, 11) is -8.64. The number of hydrogen-bond donors (Lipinski definition) is 2. The van der Waals surface area contributed by atoms with Crippen LogP contribution in [0.2, 0.25) is 0 Å². The number of benzene rings is 5. The number of anilines is 1. The molecule has 0 radical (unpaired) electrons. The summed E-state index contributed by atoms with van der Waals surface area (Å²) >= 11 is 0. The minimum absolute atomic E-state index is 0.143. The van der Waals surface area contributed by atoms with Crippen molar-refractivity contribution in [3.8, 4) is 0 Å². The molecule has 0 aromatic heterocycles. The average Bonchev–Trinajstić information content (AvgIpc) is 3.01. The molecule has 0 atom stereocenters. The van der Waals surface area contributed by atoms with Gasteiger partial charge in [-0.2, -0.15) is 27.1 Å². The highest BCUT2D eigenvalue weighted by atomic mass is 32.2. The molecule has 0 amide bonds. The minimum Gasteiger partial charge on any atom is -0.367 e. The largest absolute Gasteiger partial charge is 0.367 e. The quantitative estimate of drug-likeness (QED) is 0.116. The van der Waals surface area contributed by atoms with E-state index < -0.39 is 20.2 Å². The molecule has 44 heavy (non-hydrogen) atoms. The molecule has 224 valence electrons. The Morgan fingerprint density at radius 1 is 0.591 bits per heavy atom. The van der Waals surface area contributed by atoms with Crippen molar-refractivity contribution >= 4 is 59.4 Å². The SMILES string of the molecule is CCN(Cc1cccc(S(=O)(=O)O)c1)c1ccc(N=Nc2ccc(N=Nc3cccc(S(=O)(=O)O)c3)c3ccccc23)cc1. The third-order valence-electron chi connectivity index (χ3n) is 6.71. The first-order chi connectivity index (χ1) is 21.0. The predicted octanol–water partition coefficient (Wildman–Crippen LogP) is 8.19. The zero-order valence-corrected chi connectivity index (χ0v) is 25.0.